The number of hydrogen-bond acceptors (Lipinski definition) is 4. The summed E-state index contributed by atoms with van der Waals surface area (Å²) in [5.74, 6) is 1.16. The molecule has 1 aromatic heterocycles. The van der Waals surface area contributed by atoms with Crippen LogP contribution in [-0.4, -0.2) is 23.1 Å². The van der Waals surface area contributed by atoms with Crippen LogP contribution in [0.25, 0.3) is 0 Å². The van der Waals surface area contributed by atoms with E-state index in [1.807, 2.05) is 0 Å². The van der Waals surface area contributed by atoms with Gasteiger partial charge in [-0.3, -0.25) is 4.79 Å². The first-order chi connectivity index (χ1) is 7.34. The molecule has 2 aliphatic heterocycles. The van der Waals surface area contributed by atoms with Crippen LogP contribution in [0, 0.1) is 0 Å². The maximum atomic E-state index is 11.7. The SMILES string of the molecule is O=c1[nH]c(C2CCNC2)nc2c1COC2. The monoisotopic (exact) mass is 207 g/mol. The lowest BCUT2D eigenvalue weighted by molar-refractivity contribution is 0.132. The van der Waals surface area contributed by atoms with Crippen molar-refractivity contribution in [1.29, 1.82) is 0 Å². The minimum absolute atomic E-state index is 0.0283. The first-order valence-corrected chi connectivity index (χ1v) is 5.25. The van der Waals surface area contributed by atoms with Gasteiger partial charge in [0.15, 0.2) is 0 Å². The van der Waals surface area contributed by atoms with E-state index in [1.165, 1.54) is 0 Å². The van der Waals surface area contributed by atoms with Crippen molar-refractivity contribution in [3.8, 4) is 0 Å². The Morgan fingerprint density at radius 3 is 3.13 bits per heavy atom. The molecule has 15 heavy (non-hydrogen) atoms. The molecule has 5 nitrogen and oxygen atoms in total. The van der Waals surface area contributed by atoms with Crippen molar-refractivity contribution in [2.75, 3.05) is 13.1 Å². The van der Waals surface area contributed by atoms with Crippen molar-refractivity contribution in [3.05, 3.63) is 27.4 Å². The van der Waals surface area contributed by atoms with Gasteiger partial charge in [-0.1, -0.05) is 0 Å². The second kappa shape index (κ2) is 3.43. The van der Waals surface area contributed by atoms with E-state index in [0.717, 1.165) is 31.0 Å². The number of H-pyrrole nitrogens is 1. The third kappa shape index (κ3) is 1.48. The second-order valence-corrected chi connectivity index (χ2v) is 4.06. The van der Waals surface area contributed by atoms with Crippen molar-refractivity contribution in [1.82, 2.24) is 15.3 Å². The van der Waals surface area contributed by atoms with Crippen LogP contribution in [0.5, 0.6) is 0 Å². The second-order valence-electron chi connectivity index (χ2n) is 4.06. The van der Waals surface area contributed by atoms with Gasteiger partial charge in [-0.05, 0) is 13.0 Å². The fourth-order valence-electron chi connectivity index (χ4n) is 2.16. The van der Waals surface area contributed by atoms with Crippen molar-refractivity contribution < 1.29 is 4.74 Å². The molecule has 1 fully saturated rings. The Hall–Kier alpha value is -1.20. The molecule has 0 spiro atoms. The number of aromatic nitrogens is 2. The zero-order valence-corrected chi connectivity index (χ0v) is 8.38. The van der Waals surface area contributed by atoms with Gasteiger partial charge in [0.1, 0.15) is 5.82 Å². The Kier molecular flexibility index (Phi) is 2.07. The standard InChI is InChI=1S/C10H13N3O2/c14-10-7-4-15-5-8(7)12-9(13-10)6-1-2-11-3-6/h6,11H,1-5H2,(H,12,13,14). The maximum absolute atomic E-state index is 11.7. The predicted molar refractivity (Wildman–Crippen MR) is 53.6 cm³/mol. The molecule has 0 amide bonds. The van der Waals surface area contributed by atoms with Gasteiger partial charge in [0, 0.05) is 12.5 Å². The van der Waals surface area contributed by atoms with E-state index >= 15 is 0 Å². The van der Waals surface area contributed by atoms with E-state index in [9.17, 15) is 4.79 Å². The van der Waals surface area contributed by atoms with Crippen LogP contribution in [0.3, 0.4) is 0 Å². The summed E-state index contributed by atoms with van der Waals surface area (Å²) in [5.41, 5.74) is 1.49. The van der Waals surface area contributed by atoms with E-state index in [-0.39, 0.29) is 5.56 Å². The third-order valence-corrected chi connectivity index (χ3v) is 3.05. The normalized spacial score (nSPS) is 24.4. The van der Waals surface area contributed by atoms with Gasteiger partial charge in [-0.15, -0.1) is 0 Å². The molecule has 2 aliphatic rings. The van der Waals surface area contributed by atoms with Crippen LogP contribution in [0.4, 0.5) is 0 Å². The summed E-state index contributed by atoms with van der Waals surface area (Å²) < 4.78 is 5.22. The molecular weight excluding hydrogens is 194 g/mol. The van der Waals surface area contributed by atoms with Gasteiger partial charge in [-0.25, -0.2) is 4.98 Å². The predicted octanol–water partition coefficient (Wildman–Crippen LogP) is -0.123. The number of fused-ring (bicyclic) bond motifs is 1. The number of aromatic amines is 1. The van der Waals surface area contributed by atoms with Crippen LogP contribution < -0.4 is 10.9 Å². The van der Waals surface area contributed by atoms with Crippen molar-refractivity contribution in [3.63, 3.8) is 0 Å². The molecule has 5 heteroatoms. The van der Waals surface area contributed by atoms with Gasteiger partial charge in [0.2, 0.25) is 0 Å². The average molecular weight is 207 g/mol. The Labute approximate surface area is 86.9 Å². The molecule has 0 saturated carbocycles. The fourth-order valence-corrected chi connectivity index (χ4v) is 2.16. The fraction of sp³-hybridized carbons (Fsp3) is 0.600. The van der Waals surface area contributed by atoms with Crippen LogP contribution >= 0.6 is 0 Å². The highest BCUT2D eigenvalue weighted by atomic mass is 16.5. The van der Waals surface area contributed by atoms with Gasteiger partial charge >= 0.3 is 0 Å². The summed E-state index contributed by atoms with van der Waals surface area (Å²) in [6.45, 7) is 2.79. The van der Waals surface area contributed by atoms with E-state index in [0.29, 0.717) is 24.7 Å². The molecule has 1 atom stereocenters. The highest BCUT2D eigenvalue weighted by molar-refractivity contribution is 5.20. The molecule has 0 aromatic carbocycles. The van der Waals surface area contributed by atoms with E-state index in [2.05, 4.69) is 15.3 Å². The summed E-state index contributed by atoms with van der Waals surface area (Å²) in [5, 5.41) is 3.26. The third-order valence-electron chi connectivity index (χ3n) is 3.05. The topological polar surface area (TPSA) is 67.0 Å². The van der Waals surface area contributed by atoms with Gasteiger partial charge < -0.3 is 15.0 Å². The van der Waals surface area contributed by atoms with Crippen LogP contribution in [0.1, 0.15) is 29.4 Å². The average Bonchev–Trinajstić information content (AvgIpc) is 2.88. The van der Waals surface area contributed by atoms with Gasteiger partial charge in [0.25, 0.3) is 5.56 Å². The molecule has 3 rings (SSSR count). The number of nitrogens with one attached hydrogen (secondary N) is 2. The van der Waals surface area contributed by atoms with Crippen LogP contribution in [0.15, 0.2) is 4.79 Å². The highest BCUT2D eigenvalue weighted by Crippen LogP contribution is 2.20. The summed E-state index contributed by atoms with van der Waals surface area (Å²) in [6, 6.07) is 0. The molecule has 1 unspecified atom stereocenters. The molecular formula is C10H13N3O2. The smallest absolute Gasteiger partial charge is 0.256 e. The number of ether oxygens (including phenoxy) is 1. The number of hydrogen-bond donors (Lipinski definition) is 2. The van der Waals surface area contributed by atoms with Crippen molar-refractivity contribution in [2.24, 2.45) is 0 Å². The Bertz CT molecular complexity index is 435. The first kappa shape index (κ1) is 9.06. The lowest BCUT2D eigenvalue weighted by Gasteiger charge is -2.08. The summed E-state index contributed by atoms with van der Waals surface area (Å²) in [4.78, 5) is 19.0. The summed E-state index contributed by atoms with van der Waals surface area (Å²) >= 11 is 0. The Morgan fingerprint density at radius 1 is 1.40 bits per heavy atom. The van der Waals surface area contributed by atoms with Crippen molar-refractivity contribution >= 4 is 0 Å². The van der Waals surface area contributed by atoms with Gasteiger partial charge in [-0.2, -0.15) is 0 Å². The van der Waals surface area contributed by atoms with Gasteiger partial charge in [0.05, 0.1) is 24.5 Å². The highest BCUT2D eigenvalue weighted by Gasteiger charge is 2.23. The van der Waals surface area contributed by atoms with E-state index in [1.54, 1.807) is 0 Å². The molecule has 1 saturated heterocycles. The molecule has 2 N–H and O–H groups in total. The molecule has 3 heterocycles. The van der Waals surface area contributed by atoms with E-state index < -0.39 is 0 Å². The summed E-state index contributed by atoms with van der Waals surface area (Å²) in [6.07, 6.45) is 1.04. The van der Waals surface area contributed by atoms with Crippen LogP contribution in [0.2, 0.25) is 0 Å². The number of nitrogens with zero attached hydrogens (tertiary/aromatic N) is 1. The zero-order valence-electron chi connectivity index (χ0n) is 8.38. The maximum Gasteiger partial charge on any atom is 0.256 e. The van der Waals surface area contributed by atoms with Crippen LogP contribution in [-0.2, 0) is 18.0 Å². The zero-order chi connectivity index (χ0) is 10.3. The van der Waals surface area contributed by atoms with E-state index in [4.69, 9.17) is 4.74 Å². The molecule has 0 bridgehead atoms. The lowest BCUT2D eigenvalue weighted by Crippen LogP contribution is -2.20. The molecule has 80 valence electrons. The minimum Gasteiger partial charge on any atom is -0.370 e. The number of rotatable bonds is 1. The Morgan fingerprint density at radius 2 is 2.33 bits per heavy atom. The minimum atomic E-state index is -0.0283. The lowest BCUT2D eigenvalue weighted by atomic mass is 10.1. The Balaban J connectivity index is 2.03. The first-order valence-electron chi connectivity index (χ1n) is 5.25. The largest absolute Gasteiger partial charge is 0.370 e. The molecule has 0 radical (unpaired) electrons. The quantitative estimate of drug-likeness (QED) is 0.673. The molecule has 1 aromatic rings. The summed E-state index contributed by atoms with van der Waals surface area (Å²) in [7, 11) is 0. The van der Waals surface area contributed by atoms with Crippen molar-refractivity contribution in [2.45, 2.75) is 25.6 Å². The molecule has 0 aliphatic carbocycles.